The maximum absolute atomic E-state index is 4.49. The number of rotatable bonds is 4. The van der Waals surface area contributed by atoms with Gasteiger partial charge in [-0.3, -0.25) is 0 Å². The Morgan fingerprint density at radius 2 is 2.50 bits per heavy atom. The lowest BCUT2D eigenvalue weighted by atomic mass is 10.2. The molecule has 0 amide bonds. The van der Waals surface area contributed by atoms with Gasteiger partial charge in [-0.25, -0.2) is 0 Å². The third-order valence-electron chi connectivity index (χ3n) is 1.71. The summed E-state index contributed by atoms with van der Waals surface area (Å²) in [6.07, 6.45) is 8.25. The molecule has 0 bridgehead atoms. The topological polar surface area (TPSA) is 21.6 Å². The molecule has 0 saturated heterocycles. The molecule has 1 saturated carbocycles. The van der Waals surface area contributed by atoms with Crippen molar-refractivity contribution >= 4 is 6.21 Å². The normalized spacial score (nSPS) is 15.8. The van der Waals surface area contributed by atoms with Crippen LogP contribution in [0.4, 0.5) is 0 Å². The number of nitrogens with zero attached hydrogens (tertiary/aromatic N) is 1. The van der Waals surface area contributed by atoms with Crippen LogP contribution in [0.25, 0.3) is 0 Å². The van der Waals surface area contributed by atoms with E-state index in [0.29, 0.717) is 6.42 Å². The first-order valence-electron chi connectivity index (χ1n) is 4.27. The molecule has 1 radical (unpaired) electrons. The first-order valence-corrected chi connectivity index (χ1v) is 4.27. The second-order valence-electron chi connectivity index (χ2n) is 2.80. The van der Waals surface area contributed by atoms with Crippen LogP contribution in [0.5, 0.6) is 0 Å². The Balaban J connectivity index is 1.91. The molecule has 0 aliphatic heterocycles. The molecule has 1 aliphatic rings. The average molecular weight is 164 g/mol. The summed E-state index contributed by atoms with van der Waals surface area (Å²) in [5.74, 6) is 6.98. The smallest absolute Gasteiger partial charge is 0.106 e. The quantitative estimate of drug-likeness (QED) is 0.354. The van der Waals surface area contributed by atoms with Crippen LogP contribution in [0.2, 0.25) is 0 Å². The van der Waals surface area contributed by atoms with Gasteiger partial charge < -0.3 is 4.84 Å². The van der Waals surface area contributed by atoms with Gasteiger partial charge in [-0.1, -0.05) is 11.1 Å². The third-order valence-corrected chi connectivity index (χ3v) is 1.71. The minimum atomic E-state index is 0.697. The summed E-state index contributed by atoms with van der Waals surface area (Å²) in [5, 5.41) is 3.58. The molecule has 0 aromatic rings. The molecule has 12 heavy (non-hydrogen) atoms. The van der Waals surface area contributed by atoms with E-state index in [1.54, 1.807) is 6.21 Å². The molecule has 1 unspecified atom stereocenters. The van der Waals surface area contributed by atoms with E-state index < -0.39 is 0 Å². The molecule has 65 valence electrons. The van der Waals surface area contributed by atoms with E-state index in [4.69, 9.17) is 0 Å². The van der Waals surface area contributed by atoms with E-state index in [-0.39, 0.29) is 0 Å². The van der Waals surface area contributed by atoms with Crippen LogP contribution in [-0.2, 0) is 4.84 Å². The maximum atomic E-state index is 4.49. The van der Waals surface area contributed by atoms with Gasteiger partial charge in [0.2, 0.25) is 0 Å². The predicted octanol–water partition coefficient (Wildman–Crippen LogP) is 2.02. The fourth-order valence-electron chi connectivity index (χ4n) is 0.907. The Kier molecular flexibility index (Phi) is 4.30. The first kappa shape index (κ1) is 9.12. The molecular formula is C10H14NO. The van der Waals surface area contributed by atoms with E-state index >= 15 is 0 Å². The van der Waals surface area contributed by atoms with E-state index in [1.807, 2.05) is 0 Å². The van der Waals surface area contributed by atoms with Gasteiger partial charge in [0.05, 0.1) is 6.21 Å². The van der Waals surface area contributed by atoms with E-state index in [9.17, 15) is 0 Å². The van der Waals surface area contributed by atoms with Gasteiger partial charge in [0.1, 0.15) is 7.11 Å². The zero-order valence-corrected chi connectivity index (χ0v) is 7.42. The molecule has 0 aromatic carbocycles. The highest BCUT2D eigenvalue weighted by atomic mass is 16.6. The van der Waals surface area contributed by atoms with Crippen molar-refractivity contribution in [3.8, 4) is 11.8 Å². The van der Waals surface area contributed by atoms with Crippen LogP contribution in [-0.4, -0.2) is 13.3 Å². The first-order chi connectivity index (χ1) is 5.93. The second kappa shape index (κ2) is 5.65. The fraction of sp³-hybridized carbons (Fsp3) is 0.600. The Labute approximate surface area is 74.0 Å². The van der Waals surface area contributed by atoms with Gasteiger partial charge in [-0.05, 0) is 25.2 Å². The number of hydrogen-bond acceptors (Lipinski definition) is 2. The average Bonchev–Trinajstić information content (AvgIpc) is 2.87. The van der Waals surface area contributed by atoms with Gasteiger partial charge in [0, 0.05) is 12.8 Å². The molecule has 1 fully saturated rings. The molecular weight excluding hydrogens is 150 g/mol. The van der Waals surface area contributed by atoms with Gasteiger partial charge >= 0.3 is 0 Å². The van der Waals surface area contributed by atoms with E-state index in [2.05, 4.69) is 28.3 Å². The zero-order chi connectivity index (χ0) is 8.65. The van der Waals surface area contributed by atoms with Gasteiger partial charge in [-0.15, -0.1) is 5.92 Å². The minimum absolute atomic E-state index is 0.697. The number of hydrogen-bond donors (Lipinski definition) is 0. The highest BCUT2D eigenvalue weighted by molar-refractivity contribution is 5.60. The SMILES string of the molecule is CON=CCC#CCCC1[CH]C1. The van der Waals surface area contributed by atoms with Crippen molar-refractivity contribution < 1.29 is 4.84 Å². The Hall–Kier alpha value is -0.970. The minimum Gasteiger partial charge on any atom is -0.399 e. The Morgan fingerprint density at radius 1 is 1.67 bits per heavy atom. The van der Waals surface area contributed by atoms with E-state index in [1.165, 1.54) is 20.0 Å². The van der Waals surface area contributed by atoms with E-state index in [0.717, 1.165) is 12.3 Å². The monoisotopic (exact) mass is 164 g/mol. The van der Waals surface area contributed by atoms with Crippen LogP contribution in [0.3, 0.4) is 0 Å². The summed E-state index contributed by atoms with van der Waals surface area (Å²) in [5.41, 5.74) is 0. The van der Waals surface area contributed by atoms with Crippen molar-refractivity contribution in [1.29, 1.82) is 0 Å². The van der Waals surface area contributed by atoms with Gasteiger partial charge in [0.25, 0.3) is 0 Å². The van der Waals surface area contributed by atoms with Crippen molar-refractivity contribution in [3.63, 3.8) is 0 Å². The highest BCUT2D eigenvalue weighted by Crippen LogP contribution is 2.31. The zero-order valence-electron chi connectivity index (χ0n) is 7.42. The molecule has 1 rings (SSSR count). The van der Waals surface area contributed by atoms with Crippen LogP contribution < -0.4 is 0 Å². The summed E-state index contributed by atoms with van der Waals surface area (Å²) in [6, 6.07) is 0. The summed E-state index contributed by atoms with van der Waals surface area (Å²) in [7, 11) is 1.53. The van der Waals surface area contributed by atoms with Crippen molar-refractivity contribution in [1.82, 2.24) is 0 Å². The standard InChI is InChI=1S/C10H14NO/c1-12-11-9-5-3-2-4-6-10-7-8-10/h7,9-10H,4-6,8H2,1H3. The summed E-state index contributed by atoms with van der Waals surface area (Å²) in [6.45, 7) is 0. The van der Waals surface area contributed by atoms with Crippen molar-refractivity contribution in [2.24, 2.45) is 11.1 Å². The maximum Gasteiger partial charge on any atom is 0.106 e. The van der Waals surface area contributed by atoms with Crippen LogP contribution >= 0.6 is 0 Å². The Bertz CT molecular complexity index is 196. The fourth-order valence-corrected chi connectivity index (χ4v) is 0.907. The number of oxime groups is 1. The van der Waals surface area contributed by atoms with Crippen LogP contribution in [0.1, 0.15) is 25.7 Å². The molecule has 0 aromatic heterocycles. The Morgan fingerprint density at radius 3 is 3.17 bits per heavy atom. The van der Waals surface area contributed by atoms with Crippen LogP contribution in [0.15, 0.2) is 5.16 Å². The lowest BCUT2D eigenvalue weighted by Gasteiger charge is -1.85. The second-order valence-corrected chi connectivity index (χ2v) is 2.80. The summed E-state index contributed by atoms with van der Waals surface area (Å²) in [4.78, 5) is 4.49. The molecule has 1 aliphatic carbocycles. The van der Waals surface area contributed by atoms with Gasteiger partial charge in [0.15, 0.2) is 0 Å². The lowest BCUT2D eigenvalue weighted by molar-refractivity contribution is 0.215. The summed E-state index contributed by atoms with van der Waals surface area (Å²) < 4.78 is 0. The predicted molar refractivity (Wildman–Crippen MR) is 49.5 cm³/mol. The van der Waals surface area contributed by atoms with Gasteiger partial charge in [-0.2, -0.15) is 0 Å². The lowest BCUT2D eigenvalue weighted by Crippen LogP contribution is -1.75. The van der Waals surface area contributed by atoms with Crippen LogP contribution in [0, 0.1) is 24.2 Å². The molecule has 0 heterocycles. The molecule has 0 N–H and O–H groups in total. The van der Waals surface area contributed by atoms with Crippen molar-refractivity contribution in [3.05, 3.63) is 6.42 Å². The van der Waals surface area contributed by atoms with Crippen molar-refractivity contribution in [2.75, 3.05) is 7.11 Å². The largest absolute Gasteiger partial charge is 0.399 e. The molecule has 2 nitrogen and oxygen atoms in total. The van der Waals surface area contributed by atoms with Crippen molar-refractivity contribution in [2.45, 2.75) is 25.7 Å². The highest BCUT2D eigenvalue weighted by Gasteiger charge is 2.19. The molecule has 0 spiro atoms. The molecule has 2 heteroatoms. The summed E-state index contributed by atoms with van der Waals surface area (Å²) >= 11 is 0. The molecule has 1 atom stereocenters. The third kappa shape index (κ3) is 4.79.